The van der Waals surface area contributed by atoms with E-state index in [9.17, 15) is 4.79 Å². The summed E-state index contributed by atoms with van der Waals surface area (Å²) >= 11 is 0. The molecule has 3 aromatic rings. The quantitative estimate of drug-likeness (QED) is 0.602. The van der Waals surface area contributed by atoms with Crippen molar-refractivity contribution in [1.29, 1.82) is 0 Å². The van der Waals surface area contributed by atoms with E-state index in [1.165, 1.54) is 0 Å². The lowest BCUT2D eigenvalue weighted by Gasteiger charge is -2.13. The minimum Gasteiger partial charge on any atom is -0.493 e. The average molecular weight is 373 g/mol. The van der Waals surface area contributed by atoms with Gasteiger partial charge in [-0.1, -0.05) is 66.7 Å². The zero-order chi connectivity index (χ0) is 19.8. The van der Waals surface area contributed by atoms with E-state index in [1.807, 2.05) is 85.8 Å². The van der Waals surface area contributed by atoms with Crippen molar-refractivity contribution in [3.05, 3.63) is 84.4 Å². The smallest absolute Gasteiger partial charge is 0.262 e. The molecule has 28 heavy (non-hydrogen) atoms. The minimum absolute atomic E-state index is 0.109. The zero-order valence-electron chi connectivity index (χ0n) is 16.0. The summed E-state index contributed by atoms with van der Waals surface area (Å²) in [5, 5.41) is 2.93. The van der Waals surface area contributed by atoms with Crippen LogP contribution in [0, 0.1) is 0 Å². The normalized spacial score (nSPS) is 10.6. The van der Waals surface area contributed by atoms with Crippen molar-refractivity contribution >= 4 is 17.7 Å². The first-order chi connectivity index (χ1) is 13.7. The molecule has 0 aliphatic carbocycles. The number of anilines is 1. The monoisotopic (exact) mass is 373 g/mol. The van der Waals surface area contributed by atoms with Gasteiger partial charge in [-0.15, -0.1) is 0 Å². The summed E-state index contributed by atoms with van der Waals surface area (Å²) < 4.78 is 11.0. The van der Waals surface area contributed by atoms with E-state index in [1.54, 1.807) is 13.2 Å². The number of methoxy groups -OCH3 is 1. The van der Waals surface area contributed by atoms with E-state index in [0.717, 1.165) is 22.4 Å². The number of carbonyl (C=O) groups is 1. The van der Waals surface area contributed by atoms with Gasteiger partial charge in [0.25, 0.3) is 5.91 Å². The van der Waals surface area contributed by atoms with E-state index in [2.05, 4.69) is 5.32 Å². The number of hydrogen-bond acceptors (Lipinski definition) is 3. The maximum atomic E-state index is 12.5. The van der Waals surface area contributed by atoms with Crippen LogP contribution in [0.5, 0.6) is 11.5 Å². The summed E-state index contributed by atoms with van der Waals surface area (Å²) in [6, 6.07) is 23.2. The summed E-state index contributed by atoms with van der Waals surface area (Å²) in [6.45, 7) is 1.84. The Hall–Kier alpha value is -3.53. The Balaban J connectivity index is 1.69. The van der Waals surface area contributed by atoms with Crippen LogP contribution in [-0.4, -0.2) is 19.6 Å². The van der Waals surface area contributed by atoms with Crippen molar-refractivity contribution in [2.24, 2.45) is 0 Å². The van der Waals surface area contributed by atoms with Crippen LogP contribution in [0.4, 0.5) is 5.69 Å². The highest BCUT2D eigenvalue weighted by Crippen LogP contribution is 2.29. The van der Waals surface area contributed by atoms with Crippen LogP contribution in [0.1, 0.15) is 12.5 Å². The number of benzene rings is 3. The van der Waals surface area contributed by atoms with Gasteiger partial charge in [0, 0.05) is 11.3 Å². The fourth-order valence-electron chi connectivity index (χ4n) is 2.89. The topological polar surface area (TPSA) is 47.6 Å². The Morgan fingerprint density at radius 2 is 1.71 bits per heavy atom. The molecule has 0 aromatic heterocycles. The van der Waals surface area contributed by atoms with Gasteiger partial charge >= 0.3 is 0 Å². The SMILES string of the molecule is C/C=C/c1ccc(OCC(=O)Nc2ccccc2-c2ccccc2)c(OC)c1. The van der Waals surface area contributed by atoms with Gasteiger partial charge in [0.15, 0.2) is 18.1 Å². The molecule has 0 bridgehead atoms. The Morgan fingerprint density at radius 3 is 2.46 bits per heavy atom. The summed E-state index contributed by atoms with van der Waals surface area (Å²) in [5.74, 6) is 0.887. The molecule has 0 fully saturated rings. The molecule has 1 N–H and O–H groups in total. The third-order valence-electron chi connectivity index (χ3n) is 4.19. The molecular formula is C24H23NO3. The predicted molar refractivity (Wildman–Crippen MR) is 114 cm³/mol. The lowest BCUT2D eigenvalue weighted by atomic mass is 10.0. The molecule has 0 saturated heterocycles. The molecule has 0 radical (unpaired) electrons. The van der Waals surface area contributed by atoms with E-state index in [4.69, 9.17) is 9.47 Å². The van der Waals surface area contributed by atoms with E-state index < -0.39 is 0 Å². The molecule has 0 atom stereocenters. The third kappa shape index (κ3) is 4.80. The highest BCUT2D eigenvalue weighted by molar-refractivity contribution is 5.96. The lowest BCUT2D eigenvalue weighted by Crippen LogP contribution is -2.20. The Bertz CT molecular complexity index is 965. The summed E-state index contributed by atoms with van der Waals surface area (Å²) in [5.41, 5.74) is 3.76. The van der Waals surface area contributed by atoms with Gasteiger partial charge in [0.1, 0.15) is 0 Å². The van der Waals surface area contributed by atoms with Crippen molar-refractivity contribution < 1.29 is 14.3 Å². The van der Waals surface area contributed by atoms with Gasteiger partial charge < -0.3 is 14.8 Å². The maximum absolute atomic E-state index is 12.5. The fraction of sp³-hybridized carbons (Fsp3) is 0.125. The van der Waals surface area contributed by atoms with Crippen molar-refractivity contribution in [3.8, 4) is 22.6 Å². The molecule has 3 rings (SSSR count). The largest absolute Gasteiger partial charge is 0.493 e. The van der Waals surface area contributed by atoms with Crippen LogP contribution < -0.4 is 14.8 Å². The zero-order valence-corrected chi connectivity index (χ0v) is 16.0. The predicted octanol–water partition coefficient (Wildman–Crippen LogP) is 5.41. The van der Waals surface area contributed by atoms with Gasteiger partial charge in [0.05, 0.1) is 7.11 Å². The molecule has 0 heterocycles. The van der Waals surface area contributed by atoms with Crippen LogP contribution in [0.3, 0.4) is 0 Å². The number of rotatable bonds is 7. The van der Waals surface area contributed by atoms with Gasteiger partial charge in [-0.2, -0.15) is 0 Å². The van der Waals surface area contributed by atoms with Crippen LogP contribution in [0.2, 0.25) is 0 Å². The Morgan fingerprint density at radius 1 is 0.964 bits per heavy atom. The molecule has 1 amide bonds. The molecule has 0 aliphatic rings. The number of para-hydroxylation sites is 1. The number of ether oxygens (including phenoxy) is 2. The summed E-state index contributed by atoms with van der Waals surface area (Å²) in [4.78, 5) is 12.5. The molecule has 0 saturated carbocycles. The van der Waals surface area contributed by atoms with Crippen LogP contribution in [-0.2, 0) is 4.79 Å². The van der Waals surface area contributed by atoms with E-state index in [0.29, 0.717) is 11.5 Å². The summed E-state index contributed by atoms with van der Waals surface area (Å²) in [7, 11) is 1.58. The first-order valence-electron chi connectivity index (χ1n) is 9.09. The number of allylic oxidation sites excluding steroid dienone is 1. The molecular weight excluding hydrogens is 350 g/mol. The first-order valence-corrected chi connectivity index (χ1v) is 9.09. The Labute approximate surface area is 165 Å². The molecule has 4 nitrogen and oxygen atoms in total. The molecule has 4 heteroatoms. The second kappa shape index (κ2) is 9.42. The van der Waals surface area contributed by atoms with Gasteiger partial charge in [-0.05, 0) is 36.2 Å². The van der Waals surface area contributed by atoms with Crippen molar-refractivity contribution in [1.82, 2.24) is 0 Å². The van der Waals surface area contributed by atoms with Gasteiger partial charge in [0.2, 0.25) is 0 Å². The van der Waals surface area contributed by atoms with Crippen LogP contribution in [0.15, 0.2) is 78.9 Å². The number of hydrogen-bond donors (Lipinski definition) is 1. The fourth-order valence-corrected chi connectivity index (χ4v) is 2.89. The second-order valence-electron chi connectivity index (χ2n) is 6.16. The summed E-state index contributed by atoms with van der Waals surface area (Å²) in [6.07, 6.45) is 3.92. The standard InChI is InChI=1S/C24H23NO3/c1-3-9-18-14-15-22(23(16-18)27-2)28-17-24(26)25-21-13-8-7-12-20(21)19-10-5-4-6-11-19/h3-16H,17H2,1-2H3,(H,25,26)/b9-3+. The number of carbonyl (C=O) groups excluding carboxylic acids is 1. The van der Waals surface area contributed by atoms with Gasteiger partial charge in [-0.25, -0.2) is 0 Å². The van der Waals surface area contributed by atoms with Crippen molar-refractivity contribution in [3.63, 3.8) is 0 Å². The maximum Gasteiger partial charge on any atom is 0.262 e. The number of amides is 1. The van der Waals surface area contributed by atoms with E-state index in [-0.39, 0.29) is 12.5 Å². The third-order valence-corrected chi connectivity index (χ3v) is 4.19. The van der Waals surface area contributed by atoms with Crippen molar-refractivity contribution in [2.45, 2.75) is 6.92 Å². The average Bonchev–Trinajstić information content (AvgIpc) is 2.74. The Kier molecular flexibility index (Phi) is 6.47. The first kappa shape index (κ1) is 19.2. The van der Waals surface area contributed by atoms with E-state index >= 15 is 0 Å². The molecule has 0 spiro atoms. The minimum atomic E-state index is -0.233. The number of nitrogens with one attached hydrogen (secondary N) is 1. The molecule has 3 aromatic carbocycles. The van der Waals surface area contributed by atoms with Crippen molar-refractivity contribution in [2.75, 3.05) is 19.0 Å². The second-order valence-corrected chi connectivity index (χ2v) is 6.16. The molecule has 142 valence electrons. The highest BCUT2D eigenvalue weighted by Gasteiger charge is 2.11. The van der Waals surface area contributed by atoms with Crippen LogP contribution >= 0.6 is 0 Å². The molecule has 0 unspecified atom stereocenters. The van der Waals surface area contributed by atoms with Crippen LogP contribution in [0.25, 0.3) is 17.2 Å². The lowest BCUT2D eigenvalue weighted by molar-refractivity contribution is -0.118. The highest BCUT2D eigenvalue weighted by atomic mass is 16.5. The molecule has 0 aliphatic heterocycles. The van der Waals surface area contributed by atoms with Gasteiger partial charge in [-0.3, -0.25) is 4.79 Å².